The summed E-state index contributed by atoms with van der Waals surface area (Å²) in [6.45, 7) is 21.2. The summed E-state index contributed by atoms with van der Waals surface area (Å²) in [6, 6.07) is 0. The van der Waals surface area contributed by atoms with Gasteiger partial charge in [0.05, 0.1) is 0 Å². The minimum absolute atomic E-state index is 0.00369. The molecule has 1 nitrogen and oxygen atoms in total. The molecule has 0 amide bonds. The topological polar surface area (TPSA) is 26.0 Å². The maximum absolute atomic E-state index is 6.00. The second kappa shape index (κ2) is 10.1. The number of nitrogens with two attached hydrogens (primary N) is 1. The predicted molar refractivity (Wildman–Crippen MR) is 106 cm³/mol. The Labute approximate surface area is 144 Å². The normalized spacial score (nSPS) is 17.3. The van der Waals surface area contributed by atoms with Gasteiger partial charge in [-0.3, -0.25) is 0 Å². The van der Waals surface area contributed by atoms with Gasteiger partial charge in [0.25, 0.3) is 0 Å². The van der Waals surface area contributed by atoms with E-state index < -0.39 is 0 Å². The molecule has 0 saturated carbocycles. The highest BCUT2D eigenvalue weighted by atomic mass is 14.6. The third-order valence-corrected chi connectivity index (χ3v) is 4.65. The van der Waals surface area contributed by atoms with Gasteiger partial charge in [-0.05, 0) is 55.6 Å². The first kappa shape index (κ1) is 21.2. The molecular weight excluding hydrogens is 278 g/mol. The van der Waals surface area contributed by atoms with Crippen LogP contribution in [0.1, 0.15) is 48.0 Å². The minimum atomic E-state index is -0.00369. The van der Waals surface area contributed by atoms with Gasteiger partial charge < -0.3 is 5.73 Å². The van der Waals surface area contributed by atoms with Crippen LogP contribution in [0.15, 0.2) is 72.5 Å². The molecule has 128 valence electrons. The lowest BCUT2D eigenvalue weighted by Gasteiger charge is -2.41. The van der Waals surface area contributed by atoms with Crippen molar-refractivity contribution in [3.8, 4) is 0 Å². The van der Waals surface area contributed by atoms with E-state index in [-0.39, 0.29) is 11.3 Å². The van der Waals surface area contributed by atoms with Crippen LogP contribution in [0.5, 0.6) is 0 Å². The van der Waals surface area contributed by atoms with Crippen molar-refractivity contribution >= 4 is 0 Å². The molecule has 2 atom stereocenters. The van der Waals surface area contributed by atoms with Crippen molar-refractivity contribution < 1.29 is 0 Å². The smallest absolute Gasteiger partial charge is 0.00139 e. The monoisotopic (exact) mass is 313 g/mol. The zero-order valence-electron chi connectivity index (χ0n) is 15.9. The van der Waals surface area contributed by atoms with Crippen LogP contribution < -0.4 is 5.73 Å². The fraction of sp³-hybridized carbons (Fsp3) is 0.455. The van der Waals surface area contributed by atoms with E-state index in [1.54, 1.807) is 0 Å². The van der Waals surface area contributed by atoms with Gasteiger partial charge in [-0.1, -0.05) is 76.5 Å². The van der Waals surface area contributed by atoms with Gasteiger partial charge in [0, 0.05) is 5.70 Å². The van der Waals surface area contributed by atoms with Crippen LogP contribution in [-0.2, 0) is 0 Å². The van der Waals surface area contributed by atoms with Gasteiger partial charge in [0.15, 0.2) is 0 Å². The zero-order chi connectivity index (χ0) is 18.0. The molecule has 23 heavy (non-hydrogen) atoms. The highest BCUT2D eigenvalue weighted by Crippen LogP contribution is 2.45. The van der Waals surface area contributed by atoms with E-state index in [4.69, 9.17) is 5.73 Å². The predicted octanol–water partition coefficient (Wildman–Crippen LogP) is 6.34. The SMILES string of the molecule is C=C(N)CC(/C(=C\C)C(=C)/C=C\C=C/C)C(C)(C=CC)C(C)C. The Balaban J connectivity index is 5.93. The average Bonchev–Trinajstić information content (AvgIpc) is 2.46. The summed E-state index contributed by atoms with van der Waals surface area (Å²) in [5.74, 6) is 0.731. The minimum Gasteiger partial charge on any atom is -0.402 e. The summed E-state index contributed by atoms with van der Waals surface area (Å²) in [5.41, 5.74) is 8.99. The summed E-state index contributed by atoms with van der Waals surface area (Å²) in [6.07, 6.45) is 15.5. The van der Waals surface area contributed by atoms with Crippen LogP contribution in [-0.4, -0.2) is 0 Å². The summed E-state index contributed by atoms with van der Waals surface area (Å²) in [7, 11) is 0. The van der Waals surface area contributed by atoms with Gasteiger partial charge >= 0.3 is 0 Å². The highest BCUT2D eigenvalue weighted by Gasteiger charge is 2.37. The lowest BCUT2D eigenvalue weighted by Crippen LogP contribution is -2.33. The first-order valence-corrected chi connectivity index (χ1v) is 8.46. The third-order valence-electron chi connectivity index (χ3n) is 4.65. The third kappa shape index (κ3) is 6.09. The Morgan fingerprint density at radius 1 is 1.09 bits per heavy atom. The fourth-order valence-electron chi connectivity index (χ4n) is 2.99. The molecule has 0 aromatic rings. The molecule has 2 unspecified atom stereocenters. The Hall–Kier alpha value is -1.76. The quantitative estimate of drug-likeness (QED) is 0.390. The van der Waals surface area contributed by atoms with Crippen molar-refractivity contribution in [3.05, 3.63) is 72.5 Å². The molecule has 0 heterocycles. The van der Waals surface area contributed by atoms with Crippen LogP contribution in [0.25, 0.3) is 0 Å². The van der Waals surface area contributed by atoms with Crippen LogP contribution in [0.2, 0.25) is 0 Å². The maximum Gasteiger partial charge on any atom is 0.00139 e. The van der Waals surface area contributed by atoms with Gasteiger partial charge in [-0.25, -0.2) is 0 Å². The van der Waals surface area contributed by atoms with Crippen LogP contribution in [0, 0.1) is 17.3 Å². The highest BCUT2D eigenvalue weighted by molar-refractivity contribution is 5.42. The van der Waals surface area contributed by atoms with Crippen molar-refractivity contribution in [2.75, 3.05) is 0 Å². The van der Waals surface area contributed by atoms with Crippen molar-refractivity contribution in [3.63, 3.8) is 0 Å². The molecule has 0 spiro atoms. The van der Waals surface area contributed by atoms with E-state index in [0.717, 1.165) is 17.7 Å². The second-order valence-corrected chi connectivity index (χ2v) is 6.59. The Kier molecular flexibility index (Phi) is 9.32. The molecule has 0 radical (unpaired) electrons. The summed E-state index contributed by atoms with van der Waals surface area (Å²) >= 11 is 0. The lowest BCUT2D eigenvalue weighted by molar-refractivity contribution is 0.205. The lowest BCUT2D eigenvalue weighted by atomic mass is 9.63. The summed E-state index contributed by atoms with van der Waals surface area (Å²) in [5, 5.41) is 0. The Morgan fingerprint density at radius 2 is 1.70 bits per heavy atom. The number of allylic oxidation sites excluding steroid dienone is 10. The second-order valence-electron chi connectivity index (χ2n) is 6.59. The Morgan fingerprint density at radius 3 is 2.09 bits per heavy atom. The average molecular weight is 314 g/mol. The van der Waals surface area contributed by atoms with Crippen molar-refractivity contribution in [1.29, 1.82) is 0 Å². The molecule has 0 aliphatic heterocycles. The van der Waals surface area contributed by atoms with Gasteiger partial charge in [0.2, 0.25) is 0 Å². The molecule has 0 aliphatic rings. The number of hydrogen-bond donors (Lipinski definition) is 1. The zero-order valence-corrected chi connectivity index (χ0v) is 15.9. The van der Waals surface area contributed by atoms with Gasteiger partial charge in [0.1, 0.15) is 0 Å². The molecule has 1 heteroatoms. The van der Waals surface area contributed by atoms with Gasteiger partial charge in [-0.2, -0.15) is 0 Å². The van der Waals surface area contributed by atoms with E-state index in [2.05, 4.69) is 72.1 Å². The molecular formula is C22H35N. The van der Waals surface area contributed by atoms with E-state index in [0.29, 0.717) is 5.92 Å². The largest absolute Gasteiger partial charge is 0.402 e. The number of rotatable bonds is 9. The van der Waals surface area contributed by atoms with Crippen molar-refractivity contribution in [1.82, 2.24) is 0 Å². The van der Waals surface area contributed by atoms with Crippen molar-refractivity contribution in [2.24, 2.45) is 23.0 Å². The molecule has 0 aromatic carbocycles. The van der Waals surface area contributed by atoms with E-state index >= 15 is 0 Å². The van der Waals surface area contributed by atoms with Crippen LogP contribution in [0.4, 0.5) is 0 Å². The molecule has 0 bridgehead atoms. The van der Waals surface area contributed by atoms with Gasteiger partial charge in [-0.15, -0.1) is 0 Å². The standard InChI is InChI=1S/C22H35N/c1-9-12-13-14-18(6)20(11-3)21(16-19(7)23)22(8,15-10-2)17(4)5/h9-15,17,21H,6-7,16,23H2,1-5,8H3/b12-9-,14-13-,15-10?,20-11-. The van der Waals surface area contributed by atoms with Crippen LogP contribution in [0.3, 0.4) is 0 Å². The van der Waals surface area contributed by atoms with Crippen molar-refractivity contribution in [2.45, 2.75) is 48.0 Å². The maximum atomic E-state index is 6.00. The molecule has 2 N–H and O–H groups in total. The summed E-state index contributed by atoms with van der Waals surface area (Å²) < 4.78 is 0. The van der Waals surface area contributed by atoms with E-state index in [9.17, 15) is 0 Å². The van der Waals surface area contributed by atoms with Crippen LogP contribution >= 0.6 is 0 Å². The molecule has 0 rings (SSSR count). The first-order valence-electron chi connectivity index (χ1n) is 8.46. The molecule has 0 aliphatic carbocycles. The first-order chi connectivity index (χ1) is 10.7. The fourth-order valence-corrected chi connectivity index (χ4v) is 2.99. The van der Waals surface area contributed by atoms with E-state index in [1.165, 1.54) is 5.57 Å². The molecule has 0 saturated heterocycles. The summed E-state index contributed by atoms with van der Waals surface area (Å²) in [4.78, 5) is 0. The molecule has 0 aromatic heterocycles. The van der Waals surface area contributed by atoms with E-state index in [1.807, 2.05) is 25.2 Å². The number of hydrogen-bond acceptors (Lipinski definition) is 1. The Bertz CT molecular complexity index is 514. The molecule has 0 fully saturated rings.